The minimum atomic E-state index is -2.33. The summed E-state index contributed by atoms with van der Waals surface area (Å²) in [5.41, 5.74) is 0. The number of hydrogen-bond acceptors (Lipinski definition) is 2. The van der Waals surface area contributed by atoms with Gasteiger partial charge in [0.25, 0.3) is 6.43 Å². The number of unbranched alkanes of at least 4 members (excludes halogenated alkanes) is 1. The second-order valence-corrected chi connectivity index (χ2v) is 2.53. The van der Waals surface area contributed by atoms with Crippen molar-refractivity contribution in [2.24, 2.45) is 0 Å². The van der Waals surface area contributed by atoms with E-state index in [9.17, 15) is 8.78 Å². The van der Waals surface area contributed by atoms with Gasteiger partial charge in [-0.15, -0.1) is 0 Å². The Labute approximate surface area is 72.3 Å². The van der Waals surface area contributed by atoms with Crippen molar-refractivity contribution in [2.75, 3.05) is 26.3 Å². The SMILES string of the molecule is CCNCCCCOCC(F)F. The van der Waals surface area contributed by atoms with Crippen LogP contribution in [0.5, 0.6) is 0 Å². The van der Waals surface area contributed by atoms with Crippen molar-refractivity contribution in [3.05, 3.63) is 0 Å². The van der Waals surface area contributed by atoms with Crippen LogP contribution in [0, 0.1) is 0 Å². The van der Waals surface area contributed by atoms with Gasteiger partial charge in [-0.25, -0.2) is 8.78 Å². The van der Waals surface area contributed by atoms with E-state index in [1.54, 1.807) is 0 Å². The van der Waals surface area contributed by atoms with E-state index in [2.05, 4.69) is 5.32 Å². The fourth-order valence-electron chi connectivity index (χ4n) is 0.803. The molecule has 0 bridgehead atoms. The Bertz CT molecular complexity index is 91.1. The molecular formula is C8H17F2NO. The molecule has 0 radical (unpaired) electrons. The van der Waals surface area contributed by atoms with Gasteiger partial charge in [-0.05, 0) is 25.9 Å². The molecule has 0 atom stereocenters. The molecule has 0 aromatic rings. The first-order valence-electron chi connectivity index (χ1n) is 4.34. The molecule has 0 saturated heterocycles. The average Bonchev–Trinajstić information content (AvgIpc) is 2.02. The van der Waals surface area contributed by atoms with E-state index in [0.717, 1.165) is 25.9 Å². The van der Waals surface area contributed by atoms with E-state index in [0.29, 0.717) is 6.61 Å². The fourth-order valence-corrected chi connectivity index (χ4v) is 0.803. The predicted molar refractivity (Wildman–Crippen MR) is 44.6 cm³/mol. The molecule has 0 aromatic heterocycles. The Balaban J connectivity index is 2.82. The normalized spacial score (nSPS) is 11.0. The number of halogens is 2. The monoisotopic (exact) mass is 181 g/mol. The number of rotatable bonds is 8. The molecule has 2 nitrogen and oxygen atoms in total. The third kappa shape index (κ3) is 9.78. The van der Waals surface area contributed by atoms with Crippen LogP contribution in [-0.4, -0.2) is 32.7 Å². The van der Waals surface area contributed by atoms with Crippen molar-refractivity contribution in [1.82, 2.24) is 5.32 Å². The van der Waals surface area contributed by atoms with Crippen molar-refractivity contribution in [2.45, 2.75) is 26.2 Å². The Kier molecular flexibility index (Phi) is 8.71. The molecule has 0 aliphatic heterocycles. The molecule has 0 aliphatic carbocycles. The minimum absolute atomic E-state index is 0.429. The first-order chi connectivity index (χ1) is 5.77. The zero-order chi connectivity index (χ0) is 9.23. The summed E-state index contributed by atoms with van der Waals surface area (Å²) in [7, 11) is 0. The summed E-state index contributed by atoms with van der Waals surface area (Å²) < 4.78 is 27.8. The van der Waals surface area contributed by atoms with Gasteiger partial charge < -0.3 is 10.1 Å². The summed E-state index contributed by atoms with van der Waals surface area (Å²) in [6, 6.07) is 0. The van der Waals surface area contributed by atoms with Crippen molar-refractivity contribution in [3.63, 3.8) is 0 Å². The molecule has 0 rings (SSSR count). The van der Waals surface area contributed by atoms with E-state index >= 15 is 0 Å². The third-order valence-electron chi connectivity index (χ3n) is 1.39. The first-order valence-corrected chi connectivity index (χ1v) is 4.34. The number of nitrogens with one attached hydrogen (secondary N) is 1. The molecule has 0 unspecified atom stereocenters. The highest BCUT2D eigenvalue weighted by Gasteiger charge is 2.00. The van der Waals surface area contributed by atoms with Crippen LogP contribution in [-0.2, 0) is 4.74 Å². The van der Waals surface area contributed by atoms with Gasteiger partial charge in [0.05, 0.1) is 0 Å². The Hall–Kier alpha value is -0.220. The van der Waals surface area contributed by atoms with Gasteiger partial charge in [-0.3, -0.25) is 0 Å². The van der Waals surface area contributed by atoms with Gasteiger partial charge in [-0.2, -0.15) is 0 Å². The van der Waals surface area contributed by atoms with Gasteiger partial charge in [-0.1, -0.05) is 6.92 Å². The van der Waals surface area contributed by atoms with Crippen LogP contribution in [0.3, 0.4) is 0 Å². The molecule has 0 fully saturated rings. The minimum Gasteiger partial charge on any atom is -0.376 e. The Morgan fingerprint density at radius 2 is 2.08 bits per heavy atom. The van der Waals surface area contributed by atoms with Crippen LogP contribution in [0.1, 0.15) is 19.8 Å². The van der Waals surface area contributed by atoms with Crippen LogP contribution in [0.2, 0.25) is 0 Å². The molecule has 74 valence electrons. The maximum Gasteiger partial charge on any atom is 0.261 e. The van der Waals surface area contributed by atoms with Crippen LogP contribution in [0.4, 0.5) is 8.78 Å². The van der Waals surface area contributed by atoms with Gasteiger partial charge >= 0.3 is 0 Å². The molecule has 4 heteroatoms. The van der Waals surface area contributed by atoms with E-state index < -0.39 is 13.0 Å². The first kappa shape index (κ1) is 11.8. The summed E-state index contributed by atoms with van der Waals surface area (Å²) in [5.74, 6) is 0. The van der Waals surface area contributed by atoms with E-state index in [4.69, 9.17) is 4.74 Å². The topological polar surface area (TPSA) is 21.3 Å². The highest BCUT2D eigenvalue weighted by atomic mass is 19.3. The molecule has 0 amide bonds. The maximum absolute atomic E-state index is 11.5. The zero-order valence-electron chi connectivity index (χ0n) is 7.48. The van der Waals surface area contributed by atoms with Crippen molar-refractivity contribution >= 4 is 0 Å². The van der Waals surface area contributed by atoms with Crippen LogP contribution < -0.4 is 5.32 Å². The molecule has 0 saturated carbocycles. The van der Waals surface area contributed by atoms with E-state index in [1.807, 2.05) is 6.92 Å². The van der Waals surface area contributed by atoms with E-state index in [1.165, 1.54) is 0 Å². The van der Waals surface area contributed by atoms with Crippen LogP contribution in [0.25, 0.3) is 0 Å². The molecule has 12 heavy (non-hydrogen) atoms. The number of ether oxygens (including phenoxy) is 1. The molecule has 0 aromatic carbocycles. The second kappa shape index (κ2) is 8.87. The van der Waals surface area contributed by atoms with E-state index in [-0.39, 0.29) is 0 Å². The molecule has 0 spiro atoms. The van der Waals surface area contributed by atoms with Crippen molar-refractivity contribution in [3.8, 4) is 0 Å². The third-order valence-corrected chi connectivity index (χ3v) is 1.39. The lowest BCUT2D eigenvalue weighted by atomic mass is 10.3. The molecule has 1 N–H and O–H groups in total. The number of hydrogen-bond donors (Lipinski definition) is 1. The van der Waals surface area contributed by atoms with Crippen LogP contribution >= 0.6 is 0 Å². The second-order valence-electron chi connectivity index (χ2n) is 2.53. The molecule has 0 aliphatic rings. The van der Waals surface area contributed by atoms with Crippen molar-refractivity contribution in [1.29, 1.82) is 0 Å². The summed E-state index contributed by atoms with van der Waals surface area (Å²) in [6.07, 6.45) is -0.504. The Morgan fingerprint density at radius 3 is 2.67 bits per heavy atom. The standard InChI is InChI=1S/C8H17F2NO/c1-2-11-5-3-4-6-12-7-8(9)10/h8,11H,2-7H2,1H3. The lowest BCUT2D eigenvalue weighted by molar-refractivity contribution is 0.0163. The molecule has 0 heterocycles. The lowest BCUT2D eigenvalue weighted by Crippen LogP contribution is -2.14. The highest BCUT2D eigenvalue weighted by molar-refractivity contribution is 4.44. The summed E-state index contributed by atoms with van der Waals surface area (Å²) in [6.45, 7) is 3.94. The highest BCUT2D eigenvalue weighted by Crippen LogP contribution is 1.94. The van der Waals surface area contributed by atoms with Gasteiger partial charge in [0.2, 0.25) is 0 Å². The average molecular weight is 181 g/mol. The zero-order valence-corrected chi connectivity index (χ0v) is 7.48. The van der Waals surface area contributed by atoms with Crippen molar-refractivity contribution < 1.29 is 13.5 Å². The number of alkyl halides is 2. The van der Waals surface area contributed by atoms with Gasteiger partial charge in [0.1, 0.15) is 6.61 Å². The predicted octanol–water partition coefficient (Wildman–Crippen LogP) is 1.66. The summed E-state index contributed by atoms with van der Waals surface area (Å²) >= 11 is 0. The van der Waals surface area contributed by atoms with Gasteiger partial charge in [0.15, 0.2) is 0 Å². The summed E-state index contributed by atoms with van der Waals surface area (Å²) in [4.78, 5) is 0. The Morgan fingerprint density at radius 1 is 1.33 bits per heavy atom. The van der Waals surface area contributed by atoms with Gasteiger partial charge in [0, 0.05) is 6.61 Å². The quantitative estimate of drug-likeness (QED) is 0.575. The summed E-state index contributed by atoms with van der Waals surface area (Å²) in [5, 5.41) is 3.14. The largest absolute Gasteiger partial charge is 0.376 e. The fraction of sp³-hybridized carbons (Fsp3) is 1.00. The smallest absolute Gasteiger partial charge is 0.261 e. The maximum atomic E-state index is 11.5. The molecular weight excluding hydrogens is 164 g/mol. The van der Waals surface area contributed by atoms with Crippen LogP contribution in [0.15, 0.2) is 0 Å². The lowest BCUT2D eigenvalue weighted by Gasteiger charge is -2.03.